The van der Waals surface area contributed by atoms with Crippen molar-refractivity contribution in [3.63, 3.8) is 0 Å². The Labute approximate surface area is 117 Å². The van der Waals surface area contributed by atoms with Crippen LogP contribution in [-0.2, 0) is 6.54 Å². The van der Waals surface area contributed by atoms with Gasteiger partial charge in [0.15, 0.2) is 0 Å². The normalized spacial score (nSPS) is 12.7. The Morgan fingerprint density at radius 1 is 1.15 bits per heavy atom. The first-order chi connectivity index (χ1) is 9.74. The Kier molecular flexibility index (Phi) is 3.52. The highest BCUT2D eigenvalue weighted by Gasteiger charge is 2.09. The van der Waals surface area contributed by atoms with Gasteiger partial charge in [0, 0.05) is 29.9 Å². The zero-order valence-corrected chi connectivity index (χ0v) is 11.4. The Balaban J connectivity index is 1.71. The highest BCUT2D eigenvalue weighted by Crippen LogP contribution is 2.18. The maximum absolute atomic E-state index is 13.7. The van der Waals surface area contributed by atoms with Crippen LogP contribution in [0.2, 0.25) is 0 Å². The van der Waals surface area contributed by atoms with Gasteiger partial charge in [-0.3, -0.25) is 0 Å². The van der Waals surface area contributed by atoms with Crippen molar-refractivity contribution < 1.29 is 4.39 Å². The predicted molar refractivity (Wildman–Crippen MR) is 80.0 cm³/mol. The van der Waals surface area contributed by atoms with E-state index in [1.807, 2.05) is 25.3 Å². The van der Waals surface area contributed by atoms with Gasteiger partial charge in [0.2, 0.25) is 0 Å². The lowest BCUT2D eigenvalue weighted by molar-refractivity contribution is 0.528. The van der Waals surface area contributed by atoms with Crippen LogP contribution >= 0.6 is 0 Å². The first kappa shape index (κ1) is 12.9. The van der Waals surface area contributed by atoms with E-state index in [1.54, 1.807) is 6.07 Å². The summed E-state index contributed by atoms with van der Waals surface area (Å²) in [7, 11) is 0. The summed E-state index contributed by atoms with van der Waals surface area (Å²) in [6.07, 6.45) is 1.93. The molecule has 0 unspecified atom stereocenters. The van der Waals surface area contributed by atoms with E-state index in [1.165, 1.54) is 17.0 Å². The van der Waals surface area contributed by atoms with Gasteiger partial charge in [-0.15, -0.1) is 0 Å². The summed E-state index contributed by atoms with van der Waals surface area (Å²) in [4.78, 5) is 3.20. The largest absolute Gasteiger partial charge is 0.361 e. The van der Waals surface area contributed by atoms with Crippen LogP contribution in [0.15, 0.2) is 54.7 Å². The summed E-state index contributed by atoms with van der Waals surface area (Å²) < 4.78 is 13.7. The van der Waals surface area contributed by atoms with Crippen LogP contribution < -0.4 is 5.32 Å². The Bertz CT molecular complexity index is 718. The Hall–Kier alpha value is -2.13. The lowest BCUT2D eigenvalue weighted by Gasteiger charge is -2.15. The minimum absolute atomic E-state index is 0.0180. The molecule has 1 atom stereocenters. The topological polar surface area (TPSA) is 27.8 Å². The summed E-state index contributed by atoms with van der Waals surface area (Å²) in [6, 6.07) is 15.2. The maximum atomic E-state index is 13.7. The Morgan fingerprint density at radius 3 is 2.85 bits per heavy atom. The third-order valence-electron chi connectivity index (χ3n) is 3.60. The van der Waals surface area contributed by atoms with Crippen molar-refractivity contribution in [1.82, 2.24) is 10.3 Å². The van der Waals surface area contributed by atoms with Crippen LogP contribution in [0.5, 0.6) is 0 Å². The third-order valence-corrected chi connectivity index (χ3v) is 3.60. The third kappa shape index (κ3) is 2.58. The van der Waals surface area contributed by atoms with Crippen LogP contribution in [0.25, 0.3) is 10.9 Å². The van der Waals surface area contributed by atoms with Gasteiger partial charge in [-0.1, -0.05) is 30.3 Å². The second-order valence-corrected chi connectivity index (χ2v) is 5.02. The van der Waals surface area contributed by atoms with E-state index >= 15 is 0 Å². The SMILES string of the molecule is C[C@@H](NCc1ccc2cc[nH]c2c1)c1ccccc1F. The molecule has 0 aliphatic rings. The van der Waals surface area contributed by atoms with Gasteiger partial charge in [0.05, 0.1) is 0 Å². The van der Waals surface area contributed by atoms with E-state index < -0.39 is 0 Å². The molecule has 0 spiro atoms. The molecule has 1 heterocycles. The first-order valence-electron chi connectivity index (χ1n) is 6.78. The molecular weight excluding hydrogens is 251 g/mol. The molecule has 102 valence electrons. The summed E-state index contributed by atoms with van der Waals surface area (Å²) in [5.41, 5.74) is 3.01. The van der Waals surface area contributed by atoms with E-state index in [0.29, 0.717) is 12.1 Å². The van der Waals surface area contributed by atoms with Gasteiger partial charge in [0.1, 0.15) is 5.82 Å². The highest BCUT2D eigenvalue weighted by atomic mass is 19.1. The molecule has 20 heavy (non-hydrogen) atoms. The molecule has 2 nitrogen and oxygen atoms in total. The quantitative estimate of drug-likeness (QED) is 0.730. The van der Waals surface area contributed by atoms with E-state index in [4.69, 9.17) is 0 Å². The van der Waals surface area contributed by atoms with Crippen molar-refractivity contribution in [3.8, 4) is 0 Å². The van der Waals surface area contributed by atoms with Crippen LogP contribution in [0.3, 0.4) is 0 Å². The molecular formula is C17H17FN2. The summed E-state index contributed by atoms with van der Waals surface area (Å²) in [5.74, 6) is -0.160. The second kappa shape index (κ2) is 5.47. The average Bonchev–Trinajstić information content (AvgIpc) is 2.92. The molecule has 3 rings (SSSR count). The monoisotopic (exact) mass is 268 g/mol. The van der Waals surface area contributed by atoms with Crippen molar-refractivity contribution in [1.29, 1.82) is 0 Å². The van der Waals surface area contributed by atoms with Crippen LogP contribution in [0, 0.1) is 5.82 Å². The van der Waals surface area contributed by atoms with Crippen molar-refractivity contribution in [2.24, 2.45) is 0 Å². The minimum Gasteiger partial charge on any atom is -0.361 e. The number of fused-ring (bicyclic) bond motifs is 1. The lowest BCUT2D eigenvalue weighted by Crippen LogP contribution is -2.19. The molecule has 1 aromatic heterocycles. The fraction of sp³-hybridized carbons (Fsp3) is 0.176. The molecule has 3 aromatic rings. The van der Waals surface area contributed by atoms with Crippen molar-refractivity contribution in [2.45, 2.75) is 19.5 Å². The van der Waals surface area contributed by atoms with Gasteiger partial charge in [-0.25, -0.2) is 4.39 Å². The minimum atomic E-state index is -0.160. The van der Waals surface area contributed by atoms with E-state index in [0.717, 1.165) is 5.52 Å². The number of hydrogen-bond acceptors (Lipinski definition) is 1. The van der Waals surface area contributed by atoms with Crippen molar-refractivity contribution in [3.05, 3.63) is 71.7 Å². The van der Waals surface area contributed by atoms with Gasteiger partial charge >= 0.3 is 0 Å². The number of nitrogens with one attached hydrogen (secondary N) is 2. The van der Waals surface area contributed by atoms with Crippen LogP contribution in [0.1, 0.15) is 24.1 Å². The van der Waals surface area contributed by atoms with E-state index in [2.05, 4.69) is 34.6 Å². The summed E-state index contributed by atoms with van der Waals surface area (Å²) in [5, 5.41) is 4.56. The average molecular weight is 268 g/mol. The first-order valence-corrected chi connectivity index (χ1v) is 6.78. The van der Waals surface area contributed by atoms with Gasteiger partial charge in [-0.2, -0.15) is 0 Å². The molecule has 0 aliphatic carbocycles. The molecule has 0 amide bonds. The second-order valence-electron chi connectivity index (χ2n) is 5.02. The summed E-state index contributed by atoms with van der Waals surface area (Å²) >= 11 is 0. The molecule has 0 bridgehead atoms. The predicted octanol–water partition coefficient (Wildman–Crippen LogP) is 4.16. The number of hydrogen-bond donors (Lipinski definition) is 2. The smallest absolute Gasteiger partial charge is 0.127 e. The molecule has 0 radical (unpaired) electrons. The molecule has 0 saturated heterocycles. The zero-order chi connectivity index (χ0) is 13.9. The van der Waals surface area contributed by atoms with E-state index in [-0.39, 0.29) is 11.9 Å². The van der Waals surface area contributed by atoms with Crippen molar-refractivity contribution in [2.75, 3.05) is 0 Å². The summed E-state index contributed by atoms with van der Waals surface area (Å²) in [6.45, 7) is 2.69. The fourth-order valence-corrected chi connectivity index (χ4v) is 2.41. The lowest BCUT2D eigenvalue weighted by atomic mass is 10.1. The van der Waals surface area contributed by atoms with Gasteiger partial charge < -0.3 is 10.3 Å². The molecule has 2 N–H and O–H groups in total. The number of halogens is 1. The molecule has 3 heteroatoms. The van der Waals surface area contributed by atoms with Crippen LogP contribution in [-0.4, -0.2) is 4.98 Å². The Morgan fingerprint density at radius 2 is 2.00 bits per heavy atom. The molecule has 0 saturated carbocycles. The number of aromatic nitrogens is 1. The standard InChI is InChI=1S/C17H17FN2/c1-12(15-4-2-3-5-16(15)18)20-11-13-6-7-14-8-9-19-17(14)10-13/h2-10,12,19-20H,11H2,1H3/t12-/m1/s1. The maximum Gasteiger partial charge on any atom is 0.127 e. The molecule has 2 aromatic carbocycles. The van der Waals surface area contributed by atoms with Crippen molar-refractivity contribution >= 4 is 10.9 Å². The number of aromatic amines is 1. The van der Waals surface area contributed by atoms with Gasteiger partial charge in [-0.05, 0) is 36.1 Å². The fourth-order valence-electron chi connectivity index (χ4n) is 2.41. The van der Waals surface area contributed by atoms with Crippen LogP contribution in [0.4, 0.5) is 4.39 Å². The van der Waals surface area contributed by atoms with E-state index in [9.17, 15) is 4.39 Å². The highest BCUT2D eigenvalue weighted by molar-refractivity contribution is 5.79. The molecule has 0 aliphatic heterocycles. The zero-order valence-electron chi connectivity index (χ0n) is 11.4. The van der Waals surface area contributed by atoms with Gasteiger partial charge in [0.25, 0.3) is 0 Å². The molecule has 0 fully saturated rings. The number of rotatable bonds is 4. The number of H-pyrrole nitrogens is 1. The number of benzene rings is 2.